The topological polar surface area (TPSA) is 75.4 Å². The van der Waals surface area contributed by atoms with E-state index in [1.54, 1.807) is 18.2 Å². The molecule has 0 aliphatic heterocycles. The molecule has 0 heterocycles. The fourth-order valence-electron chi connectivity index (χ4n) is 2.43. The molecule has 2 rings (SSSR count). The summed E-state index contributed by atoms with van der Waals surface area (Å²) in [6, 6.07) is 4.78. The molecule has 1 aliphatic carbocycles. The Morgan fingerprint density at radius 1 is 1.32 bits per heavy atom. The summed E-state index contributed by atoms with van der Waals surface area (Å²) in [6.07, 6.45) is 4.18. The number of aliphatic hydroxyl groups is 1. The molecule has 1 fully saturated rings. The highest BCUT2D eigenvalue weighted by molar-refractivity contribution is 6.36. The third kappa shape index (κ3) is 3.39. The Labute approximate surface area is 117 Å². The van der Waals surface area contributed by atoms with Gasteiger partial charge in [0.2, 0.25) is 0 Å². The summed E-state index contributed by atoms with van der Waals surface area (Å²) in [5.41, 5.74) is 6.43. The second-order valence-corrected chi connectivity index (χ2v) is 5.37. The number of rotatable bonds is 2. The molecule has 104 valence electrons. The van der Waals surface area contributed by atoms with Gasteiger partial charge in [-0.1, -0.05) is 36.9 Å². The molecule has 0 saturated heterocycles. The maximum atomic E-state index is 12.2. The van der Waals surface area contributed by atoms with Crippen molar-refractivity contribution in [1.82, 2.24) is 5.32 Å². The Morgan fingerprint density at radius 3 is 2.84 bits per heavy atom. The van der Waals surface area contributed by atoms with E-state index in [-0.39, 0.29) is 17.0 Å². The summed E-state index contributed by atoms with van der Waals surface area (Å²) in [6.45, 7) is 0. The van der Waals surface area contributed by atoms with Crippen molar-refractivity contribution in [2.75, 3.05) is 5.73 Å². The Hall–Kier alpha value is -1.26. The quantitative estimate of drug-likeness (QED) is 0.576. The van der Waals surface area contributed by atoms with E-state index >= 15 is 0 Å². The number of nitrogens with two attached hydrogens (primary N) is 1. The average Bonchev–Trinajstić information content (AvgIpc) is 2.58. The zero-order valence-corrected chi connectivity index (χ0v) is 11.5. The van der Waals surface area contributed by atoms with Gasteiger partial charge in [-0.05, 0) is 25.0 Å². The predicted octanol–water partition coefficient (Wildman–Crippen LogP) is 2.35. The third-order valence-electron chi connectivity index (χ3n) is 3.57. The number of halogens is 1. The minimum Gasteiger partial charge on any atom is -0.398 e. The van der Waals surface area contributed by atoms with Crippen LogP contribution in [-0.2, 0) is 0 Å². The van der Waals surface area contributed by atoms with Gasteiger partial charge in [0.05, 0.1) is 28.4 Å². The van der Waals surface area contributed by atoms with Gasteiger partial charge >= 0.3 is 0 Å². The van der Waals surface area contributed by atoms with Crippen molar-refractivity contribution < 1.29 is 9.90 Å². The molecule has 5 heteroatoms. The molecule has 1 aliphatic rings. The summed E-state index contributed by atoms with van der Waals surface area (Å²) in [7, 11) is 0. The van der Waals surface area contributed by atoms with Crippen molar-refractivity contribution in [3.05, 3.63) is 28.8 Å². The van der Waals surface area contributed by atoms with E-state index in [9.17, 15) is 9.90 Å². The molecule has 0 bridgehead atoms. The van der Waals surface area contributed by atoms with E-state index in [2.05, 4.69) is 5.32 Å². The average molecular weight is 283 g/mol. The molecule has 1 aromatic carbocycles. The lowest BCUT2D eigenvalue weighted by Crippen LogP contribution is -2.42. The van der Waals surface area contributed by atoms with Crippen LogP contribution in [0, 0.1) is 0 Å². The van der Waals surface area contributed by atoms with Crippen molar-refractivity contribution in [3.8, 4) is 0 Å². The first-order valence-corrected chi connectivity index (χ1v) is 7.00. The molecule has 19 heavy (non-hydrogen) atoms. The molecule has 4 nitrogen and oxygen atoms in total. The van der Waals surface area contributed by atoms with Crippen molar-refractivity contribution >= 4 is 23.2 Å². The minimum absolute atomic E-state index is 0.201. The number of carbonyl (C=O) groups excluding carboxylic acids is 1. The van der Waals surface area contributed by atoms with Crippen LogP contribution in [0.25, 0.3) is 0 Å². The molecule has 4 N–H and O–H groups in total. The highest BCUT2D eigenvalue weighted by Gasteiger charge is 2.24. The number of hydrogen-bond acceptors (Lipinski definition) is 3. The maximum absolute atomic E-state index is 12.2. The van der Waals surface area contributed by atoms with Gasteiger partial charge in [0, 0.05) is 0 Å². The lowest BCUT2D eigenvalue weighted by molar-refractivity contribution is 0.0819. The smallest absolute Gasteiger partial charge is 0.253 e. The molecule has 1 saturated carbocycles. The van der Waals surface area contributed by atoms with E-state index in [1.165, 1.54) is 0 Å². The molecular formula is C14H19ClN2O2. The van der Waals surface area contributed by atoms with Crippen LogP contribution in [0.4, 0.5) is 5.69 Å². The SMILES string of the molecule is Nc1cccc(C(=O)NC2CCCCCC2O)c1Cl. The Morgan fingerprint density at radius 2 is 2.05 bits per heavy atom. The van der Waals surface area contributed by atoms with Crippen molar-refractivity contribution in [2.24, 2.45) is 0 Å². The van der Waals surface area contributed by atoms with Gasteiger partial charge in [-0.15, -0.1) is 0 Å². The number of aliphatic hydroxyl groups excluding tert-OH is 1. The molecule has 2 unspecified atom stereocenters. The number of nitrogen functional groups attached to an aromatic ring is 1. The van der Waals surface area contributed by atoms with Gasteiger partial charge < -0.3 is 16.2 Å². The molecule has 1 aromatic rings. The number of hydrogen-bond donors (Lipinski definition) is 3. The number of benzene rings is 1. The number of carbonyl (C=O) groups is 1. The monoisotopic (exact) mass is 282 g/mol. The van der Waals surface area contributed by atoms with Crippen LogP contribution in [-0.4, -0.2) is 23.2 Å². The van der Waals surface area contributed by atoms with Gasteiger partial charge in [0.15, 0.2) is 0 Å². The van der Waals surface area contributed by atoms with Gasteiger partial charge in [-0.3, -0.25) is 4.79 Å². The highest BCUT2D eigenvalue weighted by atomic mass is 35.5. The second-order valence-electron chi connectivity index (χ2n) is 4.99. The van der Waals surface area contributed by atoms with Crippen molar-refractivity contribution in [1.29, 1.82) is 0 Å². The first kappa shape index (κ1) is 14.2. The van der Waals surface area contributed by atoms with Crippen LogP contribution >= 0.6 is 11.6 Å². The largest absolute Gasteiger partial charge is 0.398 e. The van der Waals surface area contributed by atoms with E-state index < -0.39 is 6.10 Å². The normalized spacial score (nSPS) is 23.7. The predicted molar refractivity (Wildman–Crippen MR) is 76.2 cm³/mol. The lowest BCUT2D eigenvalue weighted by atomic mass is 10.1. The van der Waals surface area contributed by atoms with Crippen molar-refractivity contribution in [2.45, 2.75) is 44.2 Å². The fraction of sp³-hybridized carbons (Fsp3) is 0.500. The molecular weight excluding hydrogens is 264 g/mol. The van der Waals surface area contributed by atoms with Crippen molar-refractivity contribution in [3.63, 3.8) is 0 Å². The fourth-order valence-corrected chi connectivity index (χ4v) is 2.64. The van der Waals surface area contributed by atoms with E-state index in [4.69, 9.17) is 17.3 Å². The lowest BCUT2D eigenvalue weighted by Gasteiger charge is -2.22. The molecule has 2 atom stereocenters. The Balaban J connectivity index is 2.09. The third-order valence-corrected chi connectivity index (χ3v) is 3.99. The maximum Gasteiger partial charge on any atom is 0.253 e. The summed E-state index contributed by atoms with van der Waals surface area (Å²) >= 11 is 6.03. The van der Waals surface area contributed by atoms with Crippen LogP contribution in [0.2, 0.25) is 5.02 Å². The summed E-state index contributed by atoms with van der Waals surface area (Å²) in [5, 5.41) is 13.1. The zero-order chi connectivity index (χ0) is 13.8. The number of nitrogens with one attached hydrogen (secondary N) is 1. The minimum atomic E-state index is -0.480. The molecule has 1 amide bonds. The molecule has 0 radical (unpaired) electrons. The molecule has 0 spiro atoms. The van der Waals surface area contributed by atoms with Gasteiger partial charge in [0.25, 0.3) is 5.91 Å². The van der Waals surface area contributed by atoms with Crippen LogP contribution in [0.1, 0.15) is 42.5 Å². The van der Waals surface area contributed by atoms with Gasteiger partial charge in [-0.2, -0.15) is 0 Å². The van der Waals surface area contributed by atoms with Crippen LogP contribution in [0.3, 0.4) is 0 Å². The van der Waals surface area contributed by atoms with Crippen LogP contribution < -0.4 is 11.1 Å². The van der Waals surface area contributed by atoms with Gasteiger partial charge in [-0.25, -0.2) is 0 Å². The summed E-state index contributed by atoms with van der Waals surface area (Å²) in [4.78, 5) is 12.2. The van der Waals surface area contributed by atoms with Gasteiger partial charge in [0.1, 0.15) is 0 Å². The molecule has 0 aromatic heterocycles. The summed E-state index contributed by atoms with van der Waals surface area (Å²) in [5.74, 6) is -0.275. The highest BCUT2D eigenvalue weighted by Crippen LogP contribution is 2.24. The van der Waals surface area contributed by atoms with Crippen LogP contribution in [0.5, 0.6) is 0 Å². The first-order chi connectivity index (χ1) is 9.09. The standard InChI is InChI=1S/C14H19ClN2O2/c15-13-9(5-4-6-10(13)16)14(19)17-11-7-2-1-3-8-12(11)18/h4-6,11-12,18H,1-3,7-8,16H2,(H,17,19). The van der Waals surface area contributed by atoms with E-state index in [0.29, 0.717) is 11.3 Å². The first-order valence-electron chi connectivity index (χ1n) is 6.62. The summed E-state index contributed by atoms with van der Waals surface area (Å²) < 4.78 is 0. The second kappa shape index (κ2) is 6.26. The van der Waals surface area contributed by atoms with Crippen LogP contribution in [0.15, 0.2) is 18.2 Å². The Bertz CT molecular complexity index is 465. The zero-order valence-electron chi connectivity index (χ0n) is 10.7. The number of amides is 1. The Kier molecular flexibility index (Phi) is 4.66. The van der Waals surface area contributed by atoms with E-state index in [1.807, 2.05) is 0 Å². The van der Waals surface area contributed by atoms with E-state index in [0.717, 1.165) is 32.1 Å². The number of anilines is 1.